The first-order chi connectivity index (χ1) is 26.3. The van der Waals surface area contributed by atoms with E-state index < -0.39 is 42.3 Å². The summed E-state index contributed by atoms with van der Waals surface area (Å²) in [7, 11) is 0. The van der Waals surface area contributed by atoms with Crippen LogP contribution in [-0.4, -0.2) is 0 Å². The minimum Gasteiger partial charge on any atom is -0.456 e. The second kappa shape index (κ2) is 9.44. The number of hydrogen-bond acceptors (Lipinski definition) is 1. The lowest BCUT2D eigenvalue weighted by molar-refractivity contribution is 0.669. The van der Waals surface area contributed by atoms with E-state index in [2.05, 4.69) is 0 Å². The zero-order valence-electron chi connectivity index (χ0n) is 34.5. The van der Waals surface area contributed by atoms with Crippen LogP contribution in [0.4, 0.5) is 0 Å². The van der Waals surface area contributed by atoms with E-state index in [-0.39, 0.29) is 63.3 Å². The Kier molecular flexibility index (Phi) is 3.29. The first kappa shape index (κ1) is 15.0. The normalized spacial score (nSPS) is 15.6. The number of fused-ring (bicyclic) bond motifs is 6. The van der Waals surface area contributed by atoms with Crippen molar-refractivity contribution in [3.63, 3.8) is 0 Å². The smallest absolute Gasteiger partial charge is 0.136 e. The average Bonchev–Trinajstić information content (AvgIpc) is 3.61. The van der Waals surface area contributed by atoms with E-state index >= 15 is 0 Å². The van der Waals surface area contributed by atoms with E-state index in [1.54, 1.807) is 0 Å². The van der Waals surface area contributed by atoms with Crippen molar-refractivity contribution < 1.29 is 20.9 Å². The van der Waals surface area contributed by atoms with Gasteiger partial charge < -0.3 is 4.42 Å². The zero-order chi connectivity index (χ0) is 38.8. The maximum absolute atomic E-state index is 9.47. The van der Waals surface area contributed by atoms with Crippen LogP contribution in [-0.2, 0) is 0 Å². The molecule has 1 aromatic heterocycles. The van der Waals surface area contributed by atoms with E-state index in [0.29, 0.717) is 32.8 Å². The summed E-state index contributed by atoms with van der Waals surface area (Å²) < 4.78 is 110. The molecule has 1 heterocycles. The van der Waals surface area contributed by atoms with Crippen LogP contribution in [0, 0.1) is 0 Å². The van der Waals surface area contributed by atoms with Gasteiger partial charge in [0.1, 0.15) is 11.2 Å². The molecular weight excluding hydrogens is 520 g/mol. The van der Waals surface area contributed by atoms with Gasteiger partial charge in [-0.05, 0) is 96.0 Å². The van der Waals surface area contributed by atoms with Gasteiger partial charge in [0.05, 0.1) is 16.4 Å². The molecule has 0 amide bonds. The monoisotopic (exact) mass is 558 g/mol. The quantitative estimate of drug-likeness (QED) is 0.197. The molecule has 0 atom stereocenters. The lowest BCUT2D eigenvalue weighted by Gasteiger charge is -2.19. The molecule has 0 unspecified atom stereocenters. The molecule has 0 spiro atoms. The van der Waals surface area contributed by atoms with Crippen molar-refractivity contribution in [3.8, 4) is 33.4 Å². The summed E-state index contributed by atoms with van der Waals surface area (Å²) in [6.07, 6.45) is 0. The van der Waals surface area contributed by atoms with Gasteiger partial charge in [0.2, 0.25) is 0 Å². The largest absolute Gasteiger partial charge is 0.456 e. The van der Waals surface area contributed by atoms with E-state index in [0.717, 1.165) is 21.7 Å². The Morgan fingerprint density at radius 2 is 1.00 bits per heavy atom. The van der Waals surface area contributed by atoms with Crippen molar-refractivity contribution in [1.29, 1.82) is 0 Å². The fourth-order valence-electron chi connectivity index (χ4n) is 6.18. The van der Waals surface area contributed by atoms with Crippen molar-refractivity contribution >= 4 is 54.3 Å². The molecule has 8 aromatic carbocycles. The molecule has 0 saturated carbocycles. The molecule has 0 aliphatic carbocycles. The Morgan fingerprint density at radius 1 is 0.419 bits per heavy atom. The molecule has 9 aromatic rings. The maximum atomic E-state index is 9.47. The van der Waals surface area contributed by atoms with Crippen LogP contribution in [0.3, 0.4) is 0 Å². The summed E-state index contributed by atoms with van der Waals surface area (Å²) in [4.78, 5) is 0. The molecule has 0 aliphatic rings. The van der Waals surface area contributed by atoms with Crippen molar-refractivity contribution in [2.24, 2.45) is 0 Å². The predicted molar refractivity (Wildman–Crippen MR) is 183 cm³/mol. The Morgan fingerprint density at radius 3 is 1.72 bits per heavy atom. The first-order valence-corrected chi connectivity index (χ1v) is 13.8. The first-order valence-electron chi connectivity index (χ1n) is 19.8. The molecule has 0 saturated heterocycles. The van der Waals surface area contributed by atoms with Crippen LogP contribution >= 0.6 is 0 Å². The maximum Gasteiger partial charge on any atom is 0.136 e. The number of hydrogen-bond donors (Lipinski definition) is 0. The molecule has 9 rings (SSSR count). The van der Waals surface area contributed by atoms with Crippen molar-refractivity contribution in [2.75, 3.05) is 0 Å². The summed E-state index contributed by atoms with van der Waals surface area (Å²) in [6.45, 7) is 0. The SMILES string of the molecule is [2H]c1c([2H])c([2H])c(-c2cc(-c3c4ccccc4c(-c4c([2H])c([2H])c5c(oc6c([2H])c([2H])c([2H])c([2H])c65)c4[2H])c4ccccc34)cc3ccccc23)c([2H])c1[2H]. The molecule has 200 valence electrons. The van der Waals surface area contributed by atoms with Gasteiger partial charge in [0.15, 0.2) is 0 Å². The molecule has 0 bridgehead atoms. The fraction of sp³-hybridized carbons (Fsp3) is 0. The minimum absolute atomic E-state index is 0.0256. The molecule has 0 fully saturated rings. The van der Waals surface area contributed by atoms with Crippen LogP contribution in [0.2, 0.25) is 0 Å². The van der Waals surface area contributed by atoms with E-state index in [1.165, 1.54) is 0 Å². The number of rotatable bonds is 3. The van der Waals surface area contributed by atoms with E-state index in [9.17, 15) is 2.74 Å². The molecule has 1 nitrogen and oxygen atoms in total. The predicted octanol–water partition coefficient (Wildman–Crippen LogP) is 12.0. The van der Waals surface area contributed by atoms with Crippen molar-refractivity contribution in [3.05, 3.63) is 157 Å². The highest BCUT2D eigenvalue weighted by molar-refractivity contribution is 6.22. The highest BCUT2D eigenvalue weighted by atomic mass is 16.3. The number of furan rings is 1. The van der Waals surface area contributed by atoms with Crippen molar-refractivity contribution in [1.82, 2.24) is 0 Å². The Bertz CT molecular complexity index is 3100. The van der Waals surface area contributed by atoms with Gasteiger partial charge in [0.25, 0.3) is 0 Å². The fourth-order valence-corrected chi connectivity index (χ4v) is 6.18. The van der Waals surface area contributed by atoms with Gasteiger partial charge in [-0.15, -0.1) is 0 Å². The molecule has 0 N–H and O–H groups in total. The highest BCUT2D eigenvalue weighted by Gasteiger charge is 2.19. The van der Waals surface area contributed by atoms with Gasteiger partial charge in [-0.25, -0.2) is 0 Å². The lowest BCUT2D eigenvalue weighted by Crippen LogP contribution is -1.92. The van der Waals surface area contributed by atoms with Crippen molar-refractivity contribution in [2.45, 2.75) is 0 Å². The second-order valence-corrected chi connectivity index (χ2v) is 10.3. The molecule has 0 aliphatic heterocycles. The Labute approximate surface area is 266 Å². The zero-order valence-corrected chi connectivity index (χ0v) is 22.5. The standard InChI is InChI=1S/C42H26O/c1-2-12-27(13-3-1)38-25-30(24-28-14-4-5-15-31(28)38)42-36-19-8-6-17-34(36)41(35-18-7-9-20-37(35)42)29-22-23-33-32-16-10-11-21-39(32)43-40(33)26-29/h1-26H/i1D,2D,3D,10D,11D,12D,13D,16D,21D,22D,23D,26D. The van der Waals surface area contributed by atoms with Crippen LogP contribution < -0.4 is 0 Å². The third kappa shape index (κ3) is 3.72. The lowest BCUT2D eigenvalue weighted by atomic mass is 9.84. The Hall–Kier alpha value is -5.66. The average molecular weight is 559 g/mol. The van der Waals surface area contributed by atoms with Gasteiger partial charge in [-0.1, -0.05) is 127 Å². The number of para-hydroxylation sites is 1. The van der Waals surface area contributed by atoms with Crippen LogP contribution in [0.25, 0.3) is 87.6 Å². The third-order valence-corrected chi connectivity index (χ3v) is 7.99. The van der Waals surface area contributed by atoms with Gasteiger partial charge in [-0.3, -0.25) is 0 Å². The molecule has 43 heavy (non-hydrogen) atoms. The summed E-state index contributed by atoms with van der Waals surface area (Å²) in [5, 5.41) is 4.17. The number of benzene rings is 8. The molecule has 1 heteroatoms. The molecule has 0 radical (unpaired) electrons. The van der Waals surface area contributed by atoms with Gasteiger partial charge in [0, 0.05) is 10.8 Å². The summed E-state index contributed by atoms with van der Waals surface area (Å²) in [5.41, 5.74) is 2.31. The topological polar surface area (TPSA) is 13.1 Å². The van der Waals surface area contributed by atoms with Gasteiger partial charge >= 0.3 is 0 Å². The van der Waals surface area contributed by atoms with Crippen LogP contribution in [0.1, 0.15) is 16.4 Å². The summed E-state index contributed by atoms with van der Waals surface area (Å²) >= 11 is 0. The van der Waals surface area contributed by atoms with Crippen LogP contribution in [0.5, 0.6) is 0 Å². The Balaban J connectivity index is 1.41. The van der Waals surface area contributed by atoms with E-state index in [1.807, 2.05) is 84.9 Å². The highest BCUT2D eigenvalue weighted by Crippen LogP contribution is 2.46. The van der Waals surface area contributed by atoms with Gasteiger partial charge in [-0.2, -0.15) is 0 Å². The third-order valence-electron chi connectivity index (χ3n) is 7.99. The molecular formula is C42H26O. The minimum atomic E-state index is -0.503. The summed E-state index contributed by atoms with van der Waals surface area (Å²) in [5.74, 6) is 0. The van der Waals surface area contributed by atoms with E-state index in [4.69, 9.17) is 18.1 Å². The summed E-state index contributed by atoms with van der Waals surface area (Å²) in [6, 6.07) is 21.6. The second-order valence-electron chi connectivity index (χ2n) is 10.3. The van der Waals surface area contributed by atoms with Crippen LogP contribution in [0.15, 0.2) is 162 Å².